The lowest BCUT2D eigenvalue weighted by Crippen LogP contribution is -2.53. The first-order valence-electron chi connectivity index (χ1n) is 5.32. The van der Waals surface area contributed by atoms with Crippen molar-refractivity contribution < 1.29 is 14.6 Å². The van der Waals surface area contributed by atoms with Gasteiger partial charge in [0.2, 0.25) is 0 Å². The van der Waals surface area contributed by atoms with Crippen LogP contribution in [0.5, 0.6) is 0 Å². The van der Waals surface area contributed by atoms with Crippen LogP contribution in [0.2, 0.25) is 0 Å². The number of ether oxygens (including phenoxy) is 2. The summed E-state index contributed by atoms with van der Waals surface area (Å²) < 4.78 is 10.9. The fourth-order valence-electron chi connectivity index (χ4n) is 2.37. The Kier molecular flexibility index (Phi) is 3.07. The predicted molar refractivity (Wildman–Crippen MR) is 52.2 cm³/mol. The van der Waals surface area contributed by atoms with Gasteiger partial charge in [0.15, 0.2) is 0 Å². The van der Waals surface area contributed by atoms with E-state index in [4.69, 9.17) is 9.47 Å². The highest BCUT2D eigenvalue weighted by Crippen LogP contribution is 2.19. The van der Waals surface area contributed by atoms with Gasteiger partial charge in [-0.2, -0.15) is 0 Å². The Bertz CT molecular complexity index is 190. The number of aliphatic hydroxyl groups excluding tert-OH is 1. The third-order valence-electron chi connectivity index (χ3n) is 2.94. The van der Waals surface area contributed by atoms with Gasteiger partial charge in [-0.1, -0.05) is 0 Å². The van der Waals surface area contributed by atoms with Crippen molar-refractivity contribution in [1.82, 2.24) is 4.90 Å². The van der Waals surface area contributed by atoms with Gasteiger partial charge < -0.3 is 14.6 Å². The van der Waals surface area contributed by atoms with Crippen LogP contribution in [0, 0.1) is 0 Å². The maximum Gasteiger partial charge on any atom is 0.0950 e. The lowest BCUT2D eigenvalue weighted by molar-refractivity contribution is -0.0894. The average Bonchev–Trinajstić information content (AvgIpc) is 2.49. The van der Waals surface area contributed by atoms with Gasteiger partial charge in [0.1, 0.15) is 0 Å². The van der Waals surface area contributed by atoms with Gasteiger partial charge in [-0.05, 0) is 13.8 Å². The van der Waals surface area contributed by atoms with E-state index in [-0.39, 0.29) is 24.4 Å². The molecule has 82 valence electrons. The average molecular weight is 201 g/mol. The van der Waals surface area contributed by atoms with Crippen molar-refractivity contribution >= 4 is 0 Å². The molecule has 0 radical (unpaired) electrons. The first kappa shape index (κ1) is 10.4. The van der Waals surface area contributed by atoms with Gasteiger partial charge in [0.05, 0.1) is 37.6 Å². The Balaban J connectivity index is 1.95. The summed E-state index contributed by atoms with van der Waals surface area (Å²) in [7, 11) is 0. The molecule has 14 heavy (non-hydrogen) atoms. The van der Waals surface area contributed by atoms with E-state index in [0.29, 0.717) is 13.2 Å². The van der Waals surface area contributed by atoms with Crippen LogP contribution in [-0.4, -0.2) is 60.7 Å². The van der Waals surface area contributed by atoms with E-state index in [9.17, 15) is 5.11 Å². The zero-order valence-corrected chi connectivity index (χ0v) is 8.85. The minimum Gasteiger partial charge on any atom is -0.389 e. The van der Waals surface area contributed by atoms with Crippen molar-refractivity contribution in [3.8, 4) is 0 Å². The zero-order valence-electron chi connectivity index (χ0n) is 8.85. The van der Waals surface area contributed by atoms with Gasteiger partial charge in [-0.15, -0.1) is 0 Å². The summed E-state index contributed by atoms with van der Waals surface area (Å²) in [6, 6.07) is 0.170. The molecule has 0 spiro atoms. The number of nitrogens with zero attached hydrogens (tertiary/aromatic N) is 1. The van der Waals surface area contributed by atoms with Crippen molar-refractivity contribution in [2.24, 2.45) is 0 Å². The molecule has 0 amide bonds. The second-order valence-electron chi connectivity index (χ2n) is 4.38. The standard InChI is InChI=1S/C10H19NO3/c1-7-3-11(4-8(2)14-7)9-5-13-6-10(9)12/h7-10,12H,3-6H2,1-2H3. The summed E-state index contributed by atoms with van der Waals surface area (Å²) in [5.41, 5.74) is 0. The van der Waals surface area contributed by atoms with Crippen molar-refractivity contribution in [3.05, 3.63) is 0 Å². The van der Waals surface area contributed by atoms with Crippen LogP contribution in [0.3, 0.4) is 0 Å². The summed E-state index contributed by atoms with van der Waals surface area (Å²) in [4.78, 5) is 2.29. The lowest BCUT2D eigenvalue weighted by atomic mass is 10.1. The molecule has 2 fully saturated rings. The van der Waals surface area contributed by atoms with Crippen LogP contribution in [0.1, 0.15) is 13.8 Å². The number of rotatable bonds is 1. The first-order chi connectivity index (χ1) is 6.66. The maximum absolute atomic E-state index is 9.71. The molecule has 2 saturated heterocycles. The van der Waals surface area contributed by atoms with E-state index >= 15 is 0 Å². The minimum atomic E-state index is -0.326. The molecule has 0 aromatic rings. The molecule has 2 heterocycles. The van der Waals surface area contributed by atoms with E-state index in [1.165, 1.54) is 0 Å². The van der Waals surface area contributed by atoms with Crippen LogP contribution < -0.4 is 0 Å². The molecule has 2 aliphatic rings. The van der Waals surface area contributed by atoms with Gasteiger partial charge in [0.25, 0.3) is 0 Å². The Morgan fingerprint density at radius 3 is 2.29 bits per heavy atom. The van der Waals surface area contributed by atoms with Crippen molar-refractivity contribution in [2.45, 2.75) is 38.2 Å². The third kappa shape index (κ3) is 2.08. The van der Waals surface area contributed by atoms with Crippen molar-refractivity contribution in [3.63, 3.8) is 0 Å². The minimum absolute atomic E-state index is 0.170. The van der Waals surface area contributed by atoms with E-state index < -0.39 is 0 Å². The fourth-order valence-corrected chi connectivity index (χ4v) is 2.37. The number of morpholine rings is 1. The molecule has 1 N–H and O–H groups in total. The quantitative estimate of drug-likeness (QED) is 0.641. The van der Waals surface area contributed by atoms with E-state index in [1.807, 2.05) is 0 Å². The molecular formula is C10H19NO3. The Morgan fingerprint density at radius 1 is 1.14 bits per heavy atom. The molecule has 2 rings (SSSR count). The fraction of sp³-hybridized carbons (Fsp3) is 1.00. The topological polar surface area (TPSA) is 41.9 Å². The third-order valence-corrected chi connectivity index (χ3v) is 2.94. The molecule has 0 aliphatic carbocycles. The molecule has 0 bridgehead atoms. The maximum atomic E-state index is 9.71. The summed E-state index contributed by atoms with van der Waals surface area (Å²) in [5.74, 6) is 0. The Labute approximate surface area is 84.8 Å². The summed E-state index contributed by atoms with van der Waals surface area (Å²) in [5, 5.41) is 9.71. The Hall–Kier alpha value is -0.160. The molecule has 4 nitrogen and oxygen atoms in total. The normalized spacial score (nSPS) is 45.6. The Morgan fingerprint density at radius 2 is 1.79 bits per heavy atom. The van der Waals surface area contributed by atoms with Gasteiger partial charge in [-0.25, -0.2) is 0 Å². The lowest BCUT2D eigenvalue weighted by Gasteiger charge is -2.39. The molecule has 0 aromatic carbocycles. The monoisotopic (exact) mass is 201 g/mol. The second-order valence-corrected chi connectivity index (χ2v) is 4.38. The molecule has 4 atom stereocenters. The largest absolute Gasteiger partial charge is 0.389 e. The predicted octanol–water partition coefficient (Wildman–Crippen LogP) is -0.145. The summed E-state index contributed by atoms with van der Waals surface area (Å²) in [6.07, 6.45) is 0.186. The van der Waals surface area contributed by atoms with Gasteiger partial charge in [-0.3, -0.25) is 4.90 Å². The summed E-state index contributed by atoms with van der Waals surface area (Å²) in [6.45, 7) is 7.08. The van der Waals surface area contributed by atoms with Crippen LogP contribution in [0.25, 0.3) is 0 Å². The molecular weight excluding hydrogens is 182 g/mol. The second kappa shape index (κ2) is 4.14. The smallest absolute Gasteiger partial charge is 0.0950 e. The van der Waals surface area contributed by atoms with Crippen molar-refractivity contribution in [2.75, 3.05) is 26.3 Å². The molecule has 2 aliphatic heterocycles. The highest BCUT2D eigenvalue weighted by Gasteiger charge is 2.35. The number of hydrogen-bond acceptors (Lipinski definition) is 4. The molecule has 4 heteroatoms. The van der Waals surface area contributed by atoms with Crippen LogP contribution in [0.4, 0.5) is 0 Å². The van der Waals surface area contributed by atoms with Crippen molar-refractivity contribution in [1.29, 1.82) is 0 Å². The van der Waals surface area contributed by atoms with Crippen LogP contribution in [-0.2, 0) is 9.47 Å². The summed E-state index contributed by atoms with van der Waals surface area (Å²) >= 11 is 0. The SMILES string of the molecule is CC1CN(C2COCC2O)CC(C)O1. The van der Waals surface area contributed by atoms with Crippen LogP contribution in [0.15, 0.2) is 0 Å². The van der Waals surface area contributed by atoms with Crippen LogP contribution >= 0.6 is 0 Å². The van der Waals surface area contributed by atoms with E-state index in [0.717, 1.165) is 13.1 Å². The van der Waals surface area contributed by atoms with E-state index in [2.05, 4.69) is 18.7 Å². The highest BCUT2D eigenvalue weighted by atomic mass is 16.5. The zero-order chi connectivity index (χ0) is 10.1. The molecule has 4 unspecified atom stereocenters. The highest BCUT2D eigenvalue weighted by molar-refractivity contribution is 4.87. The molecule has 0 saturated carbocycles. The van der Waals surface area contributed by atoms with Gasteiger partial charge >= 0.3 is 0 Å². The number of hydrogen-bond donors (Lipinski definition) is 1. The first-order valence-corrected chi connectivity index (χ1v) is 5.32. The molecule has 0 aromatic heterocycles. The van der Waals surface area contributed by atoms with Gasteiger partial charge in [0, 0.05) is 13.1 Å². The van der Waals surface area contributed by atoms with E-state index in [1.54, 1.807) is 0 Å². The number of aliphatic hydroxyl groups is 1.